The number of hydrogen-bond donors (Lipinski definition) is 1. The van der Waals surface area contributed by atoms with Crippen LogP contribution in [0.15, 0.2) is 47.4 Å². The Morgan fingerprint density at radius 1 is 1.19 bits per heavy atom. The van der Waals surface area contributed by atoms with Gasteiger partial charge in [0.15, 0.2) is 0 Å². The maximum absolute atomic E-state index is 6.20. The third-order valence-electron chi connectivity index (χ3n) is 4.23. The predicted octanol–water partition coefficient (Wildman–Crippen LogP) is 5.80. The van der Waals surface area contributed by atoms with Gasteiger partial charge in [-0.15, -0.1) is 11.8 Å². The maximum Gasteiger partial charge on any atom is 0.0571 e. The molecule has 1 aliphatic rings. The molecule has 3 rings (SSSR count). The molecular weight excluding hydrogens is 298 g/mol. The van der Waals surface area contributed by atoms with Crippen LogP contribution in [0, 0.1) is 5.41 Å². The molecule has 0 radical (unpaired) electrons. The third kappa shape index (κ3) is 2.93. The highest BCUT2D eigenvalue weighted by Crippen LogP contribution is 2.47. The Morgan fingerprint density at radius 3 is 2.76 bits per heavy atom. The number of rotatable bonds is 3. The van der Waals surface area contributed by atoms with E-state index in [1.54, 1.807) is 11.8 Å². The highest BCUT2D eigenvalue weighted by molar-refractivity contribution is 7.98. The zero-order valence-electron chi connectivity index (χ0n) is 12.6. The van der Waals surface area contributed by atoms with Crippen LogP contribution in [0.3, 0.4) is 0 Å². The van der Waals surface area contributed by atoms with Crippen molar-refractivity contribution >= 4 is 29.1 Å². The number of benzene rings is 2. The average Bonchev–Trinajstić information content (AvgIpc) is 2.70. The normalized spacial score (nSPS) is 19.3. The van der Waals surface area contributed by atoms with Crippen molar-refractivity contribution in [1.82, 2.24) is 0 Å². The maximum atomic E-state index is 6.20. The number of nitrogens with one attached hydrogen (secondary N) is 1. The zero-order chi connectivity index (χ0) is 15.0. The van der Waals surface area contributed by atoms with Gasteiger partial charge >= 0.3 is 0 Å². The van der Waals surface area contributed by atoms with Gasteiger partial charge in [-0.25, -0.2) is 0 Å². The van der Waals surface area contributed by atoms with Crippen LogP contribution in [0.25, 0.3) is 0 Å². The smallest absolute Gasteiger partial charge is 0.0571 e. The van der Waals surface area contributed by atoms with E-state index in [2.05, 4.69) is 61.8 Å². The van der Waals surface area contributed by atoms with Gasteiger partial charge in [-0.05, 0) is 59.6 Å². The van der Waals surface area contributed by atoms with Gasteiger partial charge in [0.25, 0.3) is 0 Å². The van der Waals surface area contributed by atoms with E-state index in [9.17, 15) is 0 Å². The molecule has 0 saturated carbocycles. The molecule has 0 amide bonds. The Bertz CT molecular complexity index is 666. The van der Waals surface area contributed by atoms with Crippen molar-refractivity contribution in [1.29, 1.82) is 0 Å². The number of hydrogen-bond acceptors (Lipinski definition) is 2. The molecule has 0 fully saturated rings. The van der Waals surface area contributed by atoms with Crippen LogP contribution in [-0.4, -0.2) is 6.26 Å². The van der Waals surface area contributed by atoms with E-state index >= 15 is 0 Å². The van der Waals surface area contributed by atoms with Crippen molar-refractivity contribution in [2.75, 3.05) is 11.6 Å². The molecule has 2 aromatic rings. The summed E-state index contributed by atoms with van der Waals surface area (Å²) >= 11 is 7.97. The van der Waals surface area contributed by atoms with Gasteiger partial charge < -0.3 is 5.32 Å². The lowest BCUT2D eigenvalue weighted by Crippen LogP contribution is -2.24. The molecule has 1 atom stereocenters. The van der Waals surface area contributed by atoms with E-state index in [-0.39, 0.29) is 5.41 Å². The molecule has 110 valence electrons. The van der Waals surface area contributed by atoms with Crippen molar-refractivity contribution in [2.45, 2.75) is 31.2 Å². The van der Waals surface area contributed by atoms with Gasteiger partial charge in [0.1, 0.15) is 0 Å². The molecule has 1 aliphatic carbocycles. The van der Waals surface area contributed by atoms with Crippen LogP contribution in [0.2, 0.25) is 5.02 Å². The molecule has 1 nitrogen and oxygen atoms in total. The monoisotopic (exact) mass is 317 g/mol. The lowest BCUT2D eigenvalue weighted by molar-refractivity contribution is 0.337. The summed E-state index contributed by atoms with van der Waals surface area (Å²) in [5.41, 5.74) is 4.10. The molecule has 0 saturated heterocycles. The van der Waals surface area contributed by atoms with E-state index < -0.39 is 0 Å². The highest BCUT2D eigenvalue weighted by atomic mass is 35.5. The summed E-state index contributed by atoms with van der Waals surface area (Å²) in [5.74, 6) is 0. The number of thioether (sulfide) groups is 1. The molecule has 1 unspecified atom stereocenters. The molecule has 3 heteroatoms. The van der Waals surface area contributed by atoms with Gasteiger partial charge in [-0.3, -0.25) is 0 Å². The number of fused-ring (bicyclic) bond motifs is 1. The minimum Gasteiger partial charge on any atom is -0.378 e. The molecule has 0 spiro atoms. The van der Waals surface area contributed by atoms with E-state index in [0.717, 1.165) is 11.4 Å². The molecule has 0 aliphatic heterocycles. The van der Waals surface area contributed by atoms with Gasteiger partial charge in [-0.1, -0.05) is 37.6 Å². The summed E-state index contributed by atoms with van der Waals surface area (Å²) in [6.45, 7) is 4.63. The van der Waals surface area contributed by atoms with Crippen LogP contribution >= 0.6 is 23.4 Å². The Balaban J connectivity index is 1.95. The second kappa shape index (κ2) is 5.58. The molecule has 0 aromatic heterocycles. The van der Waals surface area contributed by atoms with Gasteiger partial charge in [0.2, 0.25) is 0 Å². The first-order valence-corrected chi connectivity index (χ1v) is 8.79. The van der Waals surface area contributed by atoms with Gasteiger partial charge in [0.05, 0.1) is 6.04 Å². The summed E-state index contributed by atoms with van der Waals surface area (Å²) in [7, 11) is 0. The van der Waals surface area contributed by atoms with Crippen LogP contribution in [0.1, 0.15) is 31.0 Å². The summed E-state index contributed by atoms with van der Waals surface area (Å²) in [4.78, 5) is 1.28. The van der Waals surface area contributed by atoms with Crippen LogP contribution in [-0.2, 0) is 6.42 Å². The second-order valence-electron chi connectivity index (χ2n) is 6.32. The lowest BCUT2D eigenvalue weighted by Gasteiger charge is -2.29. The first-order valence-electron chi connectivity index (χ1n) is 7.18. The molecular formula is C18H20ClNS. The van der Waals surface area contributed by atoms with Gasteiger partial charge in [-0.2, -0.15) is 0 Å². The van der Waals surface area contributed by atoms with Crippen LogP contribution in [0.5, 0.6) is 0 Å². The molecule has 1 N–H and O–H groups in total. The average molecular weight is 318 g/mol. The van der Waals surface area contributed by atoms with Crippen molar-refractivity contribution in [3.63, 3.8) is 0 Å². The summed E-state index contributed by atoms with van der Waals surface area (Å²) in [6.07, 6.45) is 3.19. The van der Waals surface area contributed by atoms with Gasteiger partial charge in [0, 0.05) is 15.6 Å². The van der Waals surface area contributed by atoms with Crippen LogP contribution < -0.4 is 5.32 Å². The van der Waals surface area contributed by atoms with Crippen molar-refractivity contribution in [3.05, 3.63) is 58.6 Å². The zero-order valence-corrected chi connectivity index (χ0v) is 14.2. The summed E-state index contributed by atoms with van der Waals surface area (Å²) < 4.78 is 0. The quantitative estimate of drug-likeness (QED) is 0.718. The fourth-order valence-electron chi connectivity index (χ4n) is 3.16. The van der Waals surface area contributed by atoms with E-state index in [4.69, 9.17) is 11.6 Å². The highest BCUT2D eigenvalue weighted by Gasteiger charge is 2.38. The number of anilines is 1. The largest absolute Gasteiger partial charge is 0.378 e. The molecule has 21 heavy (non-hydrogen) atoms. The Kier molecular flexibility index (Phi) is 3.94. The van der Waals surface area contributed by atoms with Crippen molar-refractivity contribution in [2.24, 2.45) is 5.41 Å². The fourth-order valence-corrected chi connectivity index (χ4v) is 3.80. The van der Waals surface area contributed by atoms with E-state index in [1.165, 1.54) is 21.7 Å². The number of halogens is 1. The molecule has 0 bridgehead atoms. The Labute approximate surface area is 136 Å². The minimum absolute atomic E-state index is 0.183. The fraction of sp³-hybridized carbons (Fsp3) is 0.333. The van der Waals surface area contributed by atoms with Crippen LogP contribution in [0.4, 0.5) is 5.69 Å². The standard InChI is InChI=1S/C18H20ClNS/c1-18(2)11-12-7-8-13(19)9-16(12)17(18)20-14-5-4-6-15(10-14)21-3/h4-10,17,20H,11H2,1-3H3. The SMILES string of the molecule is CSc1cccc(NC2c3cc(Cl)ccc3CC2(C)C)c1. The summed E-state index contributed by atoms with van der Waals surface area (Å²) in [6, 6.07) is 15.2. The van der Waals surface area contributed by atoms with Crippen molar-refractivity contribution in [3.8, 4) is 0 Å². The first-order chi connectivity index (χ1) is 9.99. The topological polar surface area (TPSA) is 12.0 Å². The predicted molar refractivity (Wildman–Crippen MR) is 93.5 cm³/mol. The van der Waals surface area contributed by atoms with E-state index in [0.29, 0.717) is 6.04 Å². The third-order valence-corrected chi connectivity index (χ3v) is 5.19. The Morgan fingerprint density at radius 2 is 2.00 bits per heavy atom. The summed E-state index contributed by atoms with van der Waals surface area (Å²) in [5, 5.41) is 4.53. The lowest BCUT2D eigenvalue weighted by atomic mass is 9.85. The molecule has 0 heterocycles. The second-order valence-corrected chi connectivity index (χ2v) is 7.63. The molecule has 2 aromatic carbocycles. The van der Waals surface area contributed by atoms with Crippen molar-refractivity contribution < 1.29 is 0 Å². The van der Waals surface area contributed by atoms with E-state index in [1.807, 2.05) is 6.07 Å². The Hall–Kier alpha value is -1.12. The first kappa shape index (κ1) is 14.8. The minimum atomic E-state index is 0.183.